The van der Waals surface area contributed by atoms with Crippen LogP contribution in [-0.4, -0.2) is 20.6 Å². The molecule has 6 nitrogen and oxygen atoms in total. The molecule has 1 aliphatic rings. The largest absolute Gasteiger partial charge is 0.483 e. The quantitative estimate of drug-likeness (QED) is 0.550. The number of pyridine rings is 1. The molecule has 2 aromatic heterocycles. The number of aliphatic carboxylic acids is 1. The van der Waals surface area contributed by atoms with Gasteiger partial charge in [0.25, 0.3) is 0 Å². The van der Waals surface area contributed by atoms with Crippen molar-refractivity contribution in [3.63, 3.8) is 0 Å². The third-order valence-corrected chi connectivity index (χ3v) is 5.81. The number of thiazole rings is 1. The van der Waals surface area contributed by atoms with Gasteiger partial charge >= 0.3 is 5.97 Å². The summed E-state index contributed by atoms with van der Waals surface area (Å²) >= 11 is 1.47. The number of fused-ring (bicyclic) bond motifs is 1. The molecule has 0 spiro atoms. The maximum atomic E-state index is 14.7. The summed E-state index contributed by atoms with van der Waals surface area (Å²) < 4.78 is 22.3. The first kappa shape index (κ1) is 20.3. The summed E-state index contributed by atoms with van der Waals surface area (Å²) in [5.74, 6) is -1.41. The minimum absolute atomic E-state index is 0.0615. The maximum Gasteiger partial charge on any atom is 0.328 e. The fourth-order valence-corrected chi connectivity index (χ4v) is 4.08. The normalized spacial score (nSPS) is 14.1. The van der Waals surface area contributed by atoms with E-state index in [2.05, 4.69) is 18.8 Å². The molecule has 3 aromatic rings. The highest BCUT2D eigenvalue weighted by molar-refractivity contribution is 7.09. The lowest BCUT2D eigenvalue weighted by molar-refractivity contribution is -0.131. The van der Waals surface area contributed by atoms with Crippen molar-refractivity contribution in [1.82, 2.24) is 9.55 Å². The third kappa shape index (κ3) is 4.14. The van der Waals surface area contributed by atoms with Crippen LogP contribution in [-0.2, 0) is 11.4 Å². The van der Waals surface area contributed by atoms with Crippen LogP contribution in [0.5, 0.6) is 5.75 Å². The van der Waals surface area contributed by atoms with E-state index in [1.165, 1.54) is 23.5 Å². The average molecular weight is 428 g/mol. The molecule has 1 aliphatic carbocycles. The van der Waals surface area contributed by atoms with Crippen molar-refractivity contribution < 1.29 is 19.0 Å². The number of hydrogen-bond acceptors (Lipinski definition) is 5. The van der Waals surface area contributed by atoms with Crippen molar-refractivity contribution in [3.8, 4) is 5.75 Å². The van der Waals surface area contributed by atoms with Gasteiger partial charge in [0.1, 0.15) is 11.6 Å². The number of carboxylic acids is 1. The van der Waals surface area contributed by atoms with Gasteiger partial charge in [0, 0.05) is 40.7 Å². The number of hydrogen-bond donors (Lipinski definition) is 1. The molecule has 4 rings (SSSR count). The standard InChI is InChI=1S/C22H21FN2O4S/c1-12(2)17-11-30-20(24-17)10-29-19-8-18-15(7-16(19)23)22(28)13(3-6-21(26)27)9-25(18)14-4-5-14/h3,6-9,11-12,14H,4-5,10H2,1-2H3,(H,26,27). The molecule has 1 N–H and O–H groups in total. The Hall–Kier alpha value is -3.00. The SMILES string of the molecule is CC(C)c1csc(COc2cc3c(cc2F)c(=O)c(C=CC(=O)O)cn3C2CC2)n1. The lowest BCUT2D eigenvalue weighted by Crippen LogP contribution is -2.13. The molecule has 1 saturated carbocycles. The van der Waals surface area contributed by atoms with Crippen LogP contribution in [0.3, 0.4) is 0 Å². The Bertz CT molecular complexity index is 1210. The Labute approximate surface area is 176 Å². The summed E-state index contributed by atoms with van der Waals surface area (Å²) in [6.45, 7) is 4.26. The summed E-state index contributed by atoms with van der Waals surface area (Å²) in [4.78, 5) is 28.1. The van der Waals surface area contributed by atoms with E-state index >= 15 is 0 Å². The first-order valence-corrected chi connectivity index (χ1v) is 10.6. The zero-order chi connectivity index (χ0) is 21.4. The van der Waals surface area contributed by atoms with E-state index in [9.17, 15) is 14.0 Å². The van der Waals surface area contributed by atoms with E-state index in [0.717, 1.165) is 29.6 Å². The molecule has 8 heteroatoms. The van der Waals surface area contributed by atoms with Crippen LogP contribution in [0.1, 0.15) is 54.9 Å². The van der Waals surface area contributed by atoms with Crippen LogP contribution in [0.25, 0.3) is 17.0 Å². The maximum absolute atomic E-state index is 14.7. The van der Waals surface area contributed by atoms with Crippen molar-refractivity contribution in [1.29, 1.82) is 0 Å². The van der Waals surface area contributed by atoms with Gasteiger partial charge in [-0.2, -0.15) is 0 Å². The Balaban J connectivity index is 1.71. The van der Waals surface area contributed by atoms with Gasteiger partial charge in [-0.25, -0.2) is 14.2 Å². The second-order valence-electron chi connectivity index (χ2n) is 7.63. The molecule has 1 aromatic carbocycles. The first-order valence-electron chi connectivity index (χ1n) is 9.70. The van der Waals surface area contributed by atoms with Crippen LogP contribution in [0.2, 0.25) is 0 Å². The fraction of sp³-hybridized carbons (Fsp3) is 0.318. The Morgan fingerprint density at radius 2 is 2.20 bits per heavy atom. The van der Waals surface area contributed by atoms with Crippen molar-refractivity contribution in [2.45, 2.75) is 45.3 Å². The minimum Gasteiger partial charge on any atom is -0.483 e. The van der Waals surface area contributed by atoms with Gasteiger partial charge in [0.05, 0.1) is 11.2 Å². The number of carboxylic acid groups (broad SMARTS) is 1. The van der Waals surface area contributed by atoms with Crippen LogP contribution in [0.4, 0.5) is 4.39 Å². The number of benzene rings is 1. The summed E-state index contributed by atoms with van der Waals surface area (Å²) in [6, 6.07) is 2.92. The summed E-state index contributed by atoms with van der Waals surface area (Å²) in [5, 5.41) is 11.8. The van der Waals surface area contributed by atoms with Gasteiger partial charge in [-0.05, 0) is 30.9 Å². The van der Waals surface area contributed by atoms with Crippen LogP contribution in [0.15, 0.2) is 34.6 Å². The van der Waals surface area contributed by atoms with Gasteiger partial charge in [0.15, 0.2) is 17.0 Å². The Kier molecular flexibility index (Phi) is 5.42. The van der Waals surface area contributed by atoms with E-state index in [-0.39, 0.29) is 29.3 Å². The highest BCUT2D eigenvalue weighted by atomic mass is 32.1. The second-order valence-corrected chi connectivity index (χ2v) is 8.58. The van der Waals surface area contributed by atoms with E-state index in [4.69, 9.17) is 9.84 Å². The molecule has 0 atom stereocenters. The number of aromatic nitrogens is 2. The van der Waals surface area contributed by atoms with Gasteiger partial charge < -0.3 is 14.4 Å². The molecule has 1 fully saturated rings. The lowest BCUT2D eigenvalue weighted by atomic mass is 10.1. The molecule has 0 radical (unpaired) electrons. The first-order chi connectivity index (χ1) is 14.3. The monoisotopic (exact) mass is 428 g/mol. The smallest absolute Gasteiger partial charge is 0.328 e. The van der Waals surface area contributed by atoms with Gasteiger partial charge in [-0.3, -0.25) is 4.79 Å². The molecule has 0 bridgehead atoms. The molecule has 0 amide bonds. The van der Waals surface area contributed by atoms with E-state index < -0.39 is 17.2 Å². The Morgan fingerprint density at radius 3 is 2.83 bits per heavy atom. The zero-order valence-electron chi connectivity index (χ0n) is 16.6. The summed E-state index contributed by atoms with van der Waals surface area (Å²) in [5.41, 5.74) is 1.36. The predicted octanol–water partition coefficient (Wildman–Crippen LogP) is 4.73. The fourth-order valence-electron chi connectivity index (χ4n) is 3.21. The number of ether oxygens (including phenoxy) is 1. The van der Waals surface area contributed by atoms with Crippen molar-refractivity contribution in [2.75, 3.05) is 0 Å². The van der Waals surface area contributed by atoms with Crippen LogP contribution < -0.4 is 10.2 Å². The molecule has 2 heterocycles. The molecular weight excluding hydrogens is 407 g/mol. The minimum atomic E-state index is -1.15. The number of nitrogens with zero attached hydrogens (tertiary/aromatic N) is 2. The number of halogens is 1. The molecular formula is C22H21FN2O4S. The third-order valence-electron chi connectivity index (χ3n) is 4.97. The lowest BCUT2D eigenvalue weighted by Gasteiger charge is -2.14. The van der Waals surface area contributed by atoms with Crippen molar-refractivity contribution in [3.05, 3.63) is 62.1 Å². The van der Waals surface area contributed by atoms with Gasteiger partial charge in [-0.1, -0.05) is 13.8 Å². The Morgan fingerprint density at radius 1 is 1.43 bits per heavy atom. The molecule has 0 aliphatic heterocycles. The number of rotatable bonds is 7. The van der Waals surface area contributed by atoms with E-state index in [1.54, 1.807) is 12.3 Å². The highest BCUT2D eigenvalue weighted by Crippen LogP contribution is 2.38. The number of carbonyl (C=O) groups is 1. The van der Waals surface area contributed by atoms with E-state index in [1.807, 2.05) is 9.95 Å². The zero-order valence-corrected chi connectivity index (χ0v) is 17.4. The van der Waals surface area contributed by atoms with Crippen LogP contribution >= 0.6 is 11.3 Å². The topological polar surface area (TPSA) is 81.4 Å². The summed E-state index contributed by atoms with van der Waals surface area (Å²) in [6.07, 6.45) is 5.70. The molecule has 0 unspecified atom stereocenters. The van der Waals surface area contributed by atoms with Gasteiger partial charge in [-0.15, -0.1) is 11.3 Å². The highest BCUT2D eigenvalue weighted by Gasteiger charge is 2.26. The molecule has 0 saturated heterocycles. The van der Waals surface area contributed by atoms with Gasteiger partial charge in [0.2, 0.25) is 0 Å². The molecule has 156 valence electrons. The second kappa shape index (κ2) is 8.02. The molecule has 30 heavy (non-hydrogen) atoms. The summed E-state index contributed by atoms with van der Waals surface area (Å²) in [7, 11) is 0. The predicted molar refractivity (Wildman–Crippen MR) is 114 cm³/mol. The van der Waals surface area contributed by atoms with Crippen molar-refractivity contribution >= 4 is 34.3 Å². The van der Waals surface area contributed by atoms with Crippen LogP contribution in [0, 0.1) is 5.82 Å². The van der Waals surface area contributed by atoms with E-state index in [0.29, 0.717) is 11.4 Å². The average Bonchev–Trinajstić information content (AvgIpc) is 3.43. The van der Waals surface area contributed by atoms with Crippen molar-refractivity contribution in [2.24, 2.45) is 0 Å².